The number of alkyl halides is 2. The van der Waals surface area contributed by atoms with E-state index in [1.807, 2.05) is 0 Å². The smallest absolute Gasteiger partial charge is 0.240 e. The predicted octanol–water partition coefficient (Wildman–Crippen LogP) is 2.36. The standard InChI is InChI=1S/C7H5BrF2N2/c8-4-2-11-6(12-3-4)5-1-7(5,9)10/h2-3,5H,1H2. The molecule has 0 aromatic carbocycles. The molecule has 2 nitrogen and oxygen atoms in total. The number of hydrogen-bond acceptors (Lipinski definition) is 2. The minimum atomic E-state index is -2.58. The summed E-state index contributed by atoms with van der Waals surface area (Å²) in [7, 11) is 0. The van der Waals surface area contributed by atoms with Gasteiger partial charge in [-0.05, 0) is 15.9 Å². The van der Waals surface area contributed by atoms with Crippen LogP contribution in [0.2, 0.25) is 0 Å². The van der Waals surface area contributed by atoms with Gasteiger partial charge in [0.15, 0.2) is 0 Å². The molecule has 0 radical (unpaired) electrons. The van der Waals surface area contributed by atoms with Crippen LogP contribution in [0, 0.1) is 0 Å². The molecule has 1 aliphatic carbocycles. The van der Waals surface area contributed by atoms with Crippen molar-refractivity contribution >= 4 is 15.9 Å². The van der Waals surface area contributed by atoms with E-state index >= 15 is 0 Å². The van der Waals surface area contributed by atoms with Gasteiger partial charge in [-0.1, -0.05) is 0 Å². The Labute approximate surface area is 76.2 Å². The first-order chi connectivity index (χ1) is 5.59. The van der Waals surface area contributed by atoms with Crippen LogP contribution >= 0.6 is 15.9 Å². The highest BCUT2D eigenvalue weighted by Gasteiger charge is 2.59. The summed E-state index contributed by atoms with van der Waals surface area (Å²) in [6, 6.07) is 0. The topological polar surface area (TPSA) is 25.8 Å². The third-order valence-corrected chi connectivity index (χ3v) is 2.19. The lowest BCUT2D eigenvalue weighted by molar-refractivity contribution is 0.111. The molecule has 1 saturated carbocycles. The number of halogens is 3. The van der Waals surface area contributed by atoms with Crippen LogP contribution in [0.15, 0.2) is 16.9 Å². The van der Waals surface area contributed by atoms with Crippen molar-refractivity contribution in [2.24, 2.45) is 0 Å². The highest BCUT2D eigenvalue weighted by atomic mass is 79.9. The van der Waals surface area contributed by atoms with Crippen LogP contribution in [0.25, 0.3) is 0 Å². The third-order valence-electron chi connectivity index (χ3n) is 1.78. The molecule has 1 heterocycles. The van der Waals surface area contributed by atoms with Gasteiger partial charge in [-0.3, -0.25) is 0 Å². The van der Waals surface area contributed by atoms with Gasteiger partial charge in [-0.15, -0.1) is 0 Å². The lowest BCUT2D eigenvalue weighted by Gasteiger charge is -1.96. The molecule has 0 aliphatic heterocycles. The first kappa shape index (κ1) is 8.04. The first-order valence-electron chi connectivity index (χ1n) is 3.45. The minimum absolute atomic E-state index is 0.116. The Kier molecular flexibility index (Phi) is 1.64. The Morgan fingerprint density at radius 1 is 1.42 bits per heavy atom. The van der Waals surface area contributed by atoms with Crippen molar-refractivity contribution in [2.75, 3.05) is 0 Å². The predicted molar refractivity (Wildman–Crippen MR) is 42.0 cm³/mol. The maximum absolute atomic E-state index is 12.5. The summed E-state index contributed by atoms with van der Waals surface area (Å²) in [4.78, 5) is 7.60. The van der Waals surface area contributed by atoms with Crippen molar-refractivity contribution in [3.63, 3.8) is 0 Å². The highest BCUT2D eigenvalue weighted by molar-refractivity contribution is 9.10. The Morgan fingerprint density at radius 2 is 1.92 bits per heavy atom. The number of aromatic nitrogens is 2. The Morgan fingerprint density at radius 3 is 2.33 bits per heavy atom. The van der Waals surface area contributed by atoms with Crippen LogP contribution in [-0.2, 0) is 0 Å². The molecule has 1 fully saturated rings. The van der Waals surface area contributed by atoms with Gasteiger partial charge in [-0.2, -0.15) is 0 Å². The molecule has 12 heavy (non-hydrogen) atoms. The van der Waals surface area contributed by atoms with E-state index in [1.54, 1.807) is 0 Å². The number of nitrogens with zero attached hydrogens (tertiary/aromatic N) is 2. The van der Waals surface area contributed by atoms with E-state index in [-0.39, 0.29) is 12.2 Å². The Hall–Kier alpha value is -0.580. The van der Waals surface area contributed by atoms with E-state index in [0.29, 0.717) is 4.47 Å². The van der Waals surface area contributed by atoms with Crippen molar-refractivity contribution < 1.29 is 8.78 Å². The number of rotatable bonds is 1. The maximum Gasteiger partial charge on any atom is 0.259 e. The van der Waals surface area contributed by atoms with Gasteiger partial charge in [0, 0.05) is 18.8 Å². The van der Waals surface area contributed by atoms with Gasteiger partial charge in [0.1, 0.15) is 5.82 Å². The van der Waals surface area contributed by atoms with Crippen molar-refractivity contribution in [3.8, 4) is 0 Å². The minimum Gasteiger partial charge on any atom is -0.240 e. The summed E-state index contributed by atoms with van der Waals surface area (Å²) in [5, 5.41) is 0. The molecule has 0 bridgehead atoms. The first-order valence-corrected chi connectivity index (χ1v) is 4.24. The molecule has 0 amide bonds. The molecule has 64 valence electrons. The molecule has 0 spiro atoms. The van der Waals surface area contributed by atoms with Gasteiger partial charge in [0.25, 0.3) is 5.92 Å². The fourth-order valence-electron chi connectivity index (χ4n) is 0.996. The molecule has 1 aliphatic rings. The lowest BCUT2D eigenvalue weighted by atomic mass is 10.4. The van der Waals surface area contributed by atoms with E-state index in [4.69, 9.17) is 0 Å². The molecule has 0 saturated heterocycles. The molecular weight excluding hydrogens is 230 g/mol. The van der Waals surface area contributed by atoms with Gasteiger partial charge < -0.3 is 0 Å². The quantitative estimate of drug-likeness (QED) is 0.746. The van der Waals surface area contributed by atoms with E-state index < -0.39 is 11.8 Å². The summed E-state index contributed by atoms with van der Waals surface area (Å²) in [6.07, 6.45) is 2.85. The average molecular weight is 235 g/mol. The Bertz CT molecular complexity index is 299. The van der Waals surface area contributed by atoms with Gasteiger partial charge in [0.2, 0.25) is 0 Å². The summed E-state index contributed by atoms with van der Waals surface area (Å²) in [5.41, 5.74) is 0. The lowest BCUT2D eigenvalue weighted by Crippen LogP contribution is -1.97. The normalized spacial score (nSPS) is 25.4. The second kappa shape index (κ2) is 2.45. The van der Waals surface area contributed by atoms with E-state index in [1.165, 1.54) is 12.4 Å². The van der Waals surface area contributed by atoms with Crippen LogP contribution in [0.5, 0.6) is 0 Å². The van der Waals surface area contributed by atoms with Crippen molar-refractivity contribution in [2.45, 2.75) is 18.3 Å². The van der Waals surface area contributed by atoms with Crippen molar-refractivity contribution in [1.29, 1.82) is 0 Å². The summed E-state index contributed by atoms with van der Waals surface area (Å²) in [5.74, 6) is -3.10. The molecule has 1 aromatic rings. The van der Waals surface area contributed by atoms with Gasteiger partial charge >= 0.3 is 0 Å². The molecule has 1 aromatic heterocycles. The van der Waals surface area contributed by atoms with E-state index in [9.17, 15) is 8.78 Å². The maximum atomic E-state index is 12.5. The van der Waals surface area contributed by atoms with Crippen molar-refractivity contribution in [3.05, 3.63) is 22.7 Å². The monoisotopic (exact) mass is 234 g/mol. The van der Waals surface area contributed by atoms with Crippen molar-refractivity contribution in [1.82, 2.24) is 9.97 Å². The number of hydrogen-bond donors (Lipinski definition) is 0. The van der Waals surface area contributed by atoms with E-state index in [0.717, 1.165) is 0 Å². The Balaban J connectivity index is 2.21. The van der Waals surface area contributed by atoms with Crippen LogP contribution < -0.4 is 0 Å². The molecule has 5 heteroatoms. The summed E-state index contributed by atoms with van der Waals surface area (Å²) < 4.78 is 25.7. The van der Waals surface area contributed by atoms with Crippen LogP contribution in [0.3, 0.4) is 0 Å². The fraction of sp³-hybridized carbons (Fsp3) is 0.429. The SMILES string of the molecule is FC1(F)CC1c1ncc(Br)cn1. The van der Waals surface area contributed by atoms with Crippen LogP contribution in [0.1, 0.15) is 18.2 Å². The zero-order valence-electron chi connectivity index (χ0n) is 5.97. The second-order valence-corrected chi connectivity index (χ2v) is 3.69. The zero-order valence-corrected chi connectivity index (χ0v) is 7.55. The average Bonchev–Trinajstić information content (AvgIpc) is 2.61. The van der Waals surface area contributed by atoms with Crippen LogP contribution in [-0.4, -0.2) is 15.9 Å². The highest BCUT2D eigenvalue weighted by Crippen LogP contribution is 2.54. The second-order valence-electron chi connectivity index (χ2n) is 2.78. The molecular formula is C7H5BrF2N2. The molecule has 2 rings (SSSR count). The summed E-state index contributed by atoms with van der Waals surface area (Å²) >= 11 is 3.13. The van der Waals surface area contributed by atoms with Gasteiger partial charge in [-0.25, -0.2) is 18.7 Å². The summed E-state index contributed by atoms with van der Waals surface area (Å²) in [6.45, 7) is 0. The van der Waals surface area contributed by atoms with E-state index in [2.05, 4.69) is 25.9 Å². The molecule has 1 atom stereocenters. The molecule has 1 unspecified atom stereocenters. The van der Waals surface area contributed by atoms with Crippen LogP contribution in [0.4, 0.5) is 8.78 Å². The van der Waals surface area contributed by atoms with Gasteiger partial charge in [0.05, 0.1) is 10.4 Å². The third kappa shape index (κ3) is 1.33. The largest absolute Gasteiger partial charge is 0.259 e. The molecule has 0 N–H and O–H groups in total. The fourth-order valence-corrected chi connectivity index (χ4v) is 1.20. The zero-order chi connectivity index (χ0) is 8.77.